The molecule has 1 heterocycles. The van der Waals surface area contributed by atoms with Gasteiger partial charge in [-0.3, -0.25) is 9.69 Å². The molecule has 1 aliphatic rings. The first-order chi connectivity index (χ1) is 7.00. The topological polar surface area (TPSA) is 43.8 Å². The number of hydrogen-bond donors (Lipinski definition) is 1. The minimum Gasteiger partial charge on any atom is -0.480 e. The number of nitrogens with zero attached hydrogens (tertiary/aromatic N) is 2. The molecule has 1 N–H and O–H groups in total. The third-order valence-corrected chi connectivity index (χ3v) is 2.96. The van der Waals surface area contributed by atoms with Crippen LogP contribution in [-0.4, -0.2) is 60.1 Å². The van der Waals surface area contributed by atoms with Crippen molar-refractivity contribution >= 4 is 5.97 Å². The highest BCUT2D eigenvalue weighted by Gasteiger charge is 2.28. The zero-order valence-corrected chi connectivity index (χ0v) is 9.94. The van der Waals surface area contributed by atoms with E-state index in [9.17, 15) is 9.90 Å². The quantitative estimate of drug-likeness (QED) is 0.749. The molecule has 4 nitrogen and oxygen atoms in total. The van der Waals surface area contributed by atoms with Crippen LogP contribution >= 0.6 is 0 Å². The first-order valence-electron chi connectivity index (χ1n) is 5.66. The van der Waals surface area contributed by atoms with E-state index >= 15 is 0 Å². The van der Waals surface area contributed by atoms with Crippen molar-refractivity contribution in [3.63, 3.8) is 0 Å². The number of carboxylic acids is 1. The fourth-order valence-corrected chi connectivity index (χ4v) is 1.99. The molecule has 0 aromatic heterocycles. The number of hydrogen-bond acceptors (Lipinski definition) is 3. The molecule has 88 valence electrons. The van der Waals surface area contributed by atoms with Gasteiger partial charge in [-0.25, -0.2) is 0 Å². The summed E-state index contributed by atoms with van der Waals surface area (Å²) in [6, 6.07) is -0.293. The molecule has 0 spiro atoms. The van der Waals surface area contributed by atoms with Crippen molar-refractivity contribution < 1.29 is 9.90 Å². The van der Waals surface area contributed by atoms with Gasteiger partial charge in [0, 0.05) is 26.2 Å². The Kier molecular flexibility index (Phi) is 4.54. The van der Waals surface area contributed by atoms with E-state index in [4.69, 9.17) is 0 Å². The lowest BCUT2D eigenvalue weighted by Crippen LogP contribution is -2.52. The largest absolute Gasteiger partial charge is 0.480 e. The smallest absolute Gasteiger partial charge is 0.320 e. The van der Waals surface area contributed by atoms with Gasteiger partial charge in [-0.2, -0.15) is 0 Å². The maximum Gasteiger partial charge on any atom is 0.320 e. The van der Waals surface area contributed by atoms with Gasteiger partial charge in [0.2, 0.25) is 0 Å². The monoisotopic (exact) mass is 214 g/mol. The van der Waals surface area contributed by atoms with Gasteiger partial charge in [0.1, 0.15) is 6.04 Å². The van der Waals surface area contributed by atoms with Crippen LogP contribution in [0.2, 0.25) is 0 Å². The van der Waals surface area contributed by atoms with Crippen molar-refractivity contribution in [2.24, 2.45) is 5.92 Å². The molecule has 1 atom stereocenters. The minimum absolute atomic E-state index is 0.293. The molecular weight excluding hydrogens is 192 g/mol. The number of piperazine rings is 1. The summed E-state index contributed by atoms with van der Waals surface area (Å²) in [7, 11) is 2.08. The van der Waals surface area contributed by atoms with E-state index in [1.807, 2.05) is 0 Å². The van der Waals surface area contributed by atoms with E-state index in [0.29, 0.717) is 5.92 Å². The number of likely N-dealkylation sites (N-methyl/N-ethyl adjacent to an activating group) is 1. The molecule has 0 aromatic rings. The fraction of sp³-hybridized carbons (Fsp3) is 0.909. The molecule has 15 heavy (non-hydrogen) atoms. The molecule has 0 bridgehead atoms. The van der Waals surface area contributed by atoms with Gasteiger partial charge in [-0.1, -0.05) is 13.8 Å². The Morgan fingerprint density at radius 1 is 1.27 bits per heavy atom. The lowest BCUT2D eigenvalue weighted by Gasteiger charge is -2.36. The minimum atomic E-state index is -0.673. The van der Waals surface area contributed by atoms with Crippen LogP contribution in [0.5, 0.6) is 0 Å². The highest BCUT2D eigenvalue weighted by Crippen LogP contribution is 2.14. The first kappa shape index (κ1) is 12.5. The zero-order valence-electron chi connectivity index (χ0n) is 9.94. The molecule has 0 saturated carbocycles. The van der Waals surface area contributed by atoms with Crippen LogP contribution in [0.3, 0.4) is 0 Å². The fourth-order valence-electron chi connectivity index (χ4n) is 1.99. The molecule has 1 unspecified atom stereocenters. The number of rotatable bonds is 4. The molecule has 0 amide bonds. The summed E-state index contributed by atoms with van der Waals surface area (Å²) in [5, 5.41) is 9.19. The Bertz CT molecular complexity index is 211. The Balaban J connectivity index is 2.52. The Morgan fingerprint density at radius 3 is 2.20 bits per heavy atom. The second kappa shape index (κ2) is 5.47. The van der Waals surface area contributed by atoms with Crippen LogP contribution in [-0.2, 0) is 4.79 Å². The Hall–Kier alpha value is -0.610. The van der Waals surface area contributed by atoms with Crippen LogP contribution in [0.15, 0.2) is 0 Å². The van der Waals surface area contributed by atoms with Crippen molar-refractivity contribution in [1.29, 1.82) is 0 Å². The van der Waals surface area contributed by atoms with E-state index in [1.54, 1.807) is 0 Å². The second-order valence-electron chi connectivity index (χ2n) is 4.82. The van der Waals surface area contributed by atoms with Gasteiger partial charge in [0.15, 0.2) is 0 Å². The molecule has 1 aliphatic heterocycles. The van der Waals surface area contributed by atoms with Crippen molar-refractivity contribution in [2.45, 2.75) is 26.3 Å². The Morgan fingerprint density at radius 2 is 1.80 bits per heavy atom. The van der Waals surface area contributed by atoms with Gasteiger partial charge >= 0.3 is 5.97 Å². The van der Waals surface area contributed by atoms with Crippen LogP contribution < -0.4 is 0 Å². The molecule has 4 heteroatoms. The normalized spacial score (nSPS) is 21.9. The molecule has 1 rings (SSSR count). The molecule has 1 fully saturated rings. The van der Waals surface area contributed by atoms with Gasteiger partial charge in [0.05, 0.1) is 0 Å². The van der Waals surface area contributed by atoms with Crippen molar-refractivity contribution in [3.05, 3.63) is 0 Å². The third kappa shape index (κ3) is 3.80. The summed E-state index contributed by atoms with van der Waals surface area (Å²) in [5.74, 6) is -0.237. The van der Waals surface area contributed by atoms with E-state index in [0.717, 1.165) is 32.6 Å². The summed E-state index contributed by atoms with van der Waals surface area (Å²) in [5.41, 5.74) is 0. The second-order valence-corrected chi connectivity index (χ2v) is 4.82. The first-order valence-corrected chi connectivity index (χ1v) is 5.66. The van der Waals surface area contributed by atoms with E-state index in [1.165, 1.54) is 0 Å². The highest BCUT2D eigenvalue weighted by molar-refractivity contribution is 5.73. The summed E-state index contributed by atoms with van der Waals surface area (Å²) in [6.07, 6.45) is 0.749. The SMILES string of the molecule is CC(C)CC(C(=O)O)N1CCN(C)CC1. The van der Waals surface area contributed by atoms with Crippen LogP contribution in [0.4, 0.5) is 0 Å². The molecular formula is C11H22N2O2. The lowest BCUT2D eigenvalue weighted by atomic mass is 10.0. The van der Waals surface area contributed by atoms with Crippen molar-refractivity contribution in [3.8, 4) is 0 Å². The molecule has 0 aliphatic carbocycles. The standard InChI is InChI=1S/C11H22N2O2/c1-9(2)8-10(11(14)15)13-6-4-12(3)5-7-13/h9-10H,4-8H2,1-3H3,(H,14,15). The van der Waals surface area contributed by atoms with Gasteiger partial charge in [0.25, 0.3) is 0 Å². The molecule has 1 saturated heterocycles. The average molecular weight is 214 g/mol. The third-order valence-electron chi connectivity index (χ3n) is 2.96. The van der Waals surface area contributed by atoms with Crippen LogP contribution in [0.1, 0.15) is 20.3 Å². The van der Waals surface area contributed by atoms with Crippen molar-refractivity contribution in [1.82, 2.24) is 9.80 Å². The zero-order chi connectivity index (χ0) is 11.4. The Labute approximate surface area is 91.9 Å². The predicted molar refractivity (Wildman–Crippen MR) is 59.9 cm³/mol. The lowest BCUT2D eigenvalue weighted by molar-refractivity contribution is -0.144. The maximum absolute atomic E-state index is 11.2. The maximum atomic E-state index is 11.2. The molecule has 0 aromatic carbocycles. The highest BCUT2D eigenvalue weighted by atomic mass is 16.4. The number of carbonyl (C=O) groups is 1. The number of carboxylic acid groups (broad SMARTS) is 1. The van der Waals surface area contributed by atoms with Crippen LogP contribution in [0, 0.1) is 5.92 Å². The summed E-state index contributed by atoms with van der Waals surface area (Å²) in [4.78, 5) is 15.5. The average Bonchev–Trinajstić information content (AvgIpc) is 2.15. The predicted octanol–water partition coefficient (Wildman–Crippen LogP) is 0.733. The van der Waals surface area contributed by atoms with E-state index in [2.05, 4.69) is 30.7 Å². The summed E-state index contributed by atoms with van der Waals surface area (Å²) < 4.78 is 0. The van der Waals surface area contributed by atoms with Gasteiger partial charge in [-0.05, 0) is 19.4 Å². The number of aliphatic carboxylic acids is 1. The van der Waals surface area contributed by atoms with Crippen molar-refractivity contribution in [2.75, 3.05) is 33.2 Å². The van der Waals surface area contributed by atoms with Gasteiger partial charge in [-0.15, -0.1) is 0 Å². The van der Waals surface area contributed by atoms with E-state index in [-0.39, 0.29) is 6.04 Å². The molecule has 0 radical (unpaired) electrons. The summed E-state index contributed by atoms with van der Waals surface area (Å²) in [6.45, 7) is 7.85. The van der Waals surface area contributed by atoms with Crippen LogP contribution in [0.25, 0.3) is 0 Å². The summed E-state index contributed by atoms with van der Waals surface area (Å²) >= 11 is 0. The van der Waals surface area contributed by atoms with Gasteiger partial charge < -0.3 is 10.0 Å². The van der Waals surface area contributed by atoms with E-state index < -0.39 is 5.97 Å².